The van der Waals surface area contributed by atoms with Gasteiger partial charge in [-0.05, 0) is 27.0 Å². The number of rotatable bonds is 2. The van der Waals surface area contributed by atoms with Gasteiger partial charge in [-0.2, -0.15) is 0 Å². The molecule has 1 aliphatic rings. The second-order valence-electron chi connectivity index (χ2n) is 3.34. The summed E-state index contributed by atoms with van der Waals surface area (Å²) in [5.41, 5.74) is 0.792. The first kappa shape index (κ1) is 12.2. The maximum absolute atomic E-state index is 11.6. The molecule has 0 N–H and O–H groups in total. The summed E-state index contributed by atoms with van der Waals surface area (Å²) in [6, 6.07) is -0.0796. The van der Waals surface area contributed by atoms with Crippen LogP contribution in [-0.4, -0.2) is 35.8 Å². The standard InChI is InChI=1S/C10H16N2O2S/c1-5-14-9(13)8-6(2)11-10(15-4)12-7(8)3/h6,8H,5H2,1-4H3. The van der Waals surface area contributed by atoms with Gasteiger partial charge in [-0.25, -0.2) is 4.99 Å². The number of amidine groups is 1. The van der Waals surface area contributed by atoms with Crippen LogP contribution in [0.15, 0.2) is 9.98 Å². The molecule has 0 aromatic rings. The SMILES string of the molecule is CCOC(=O)C1C(C)=NC(SC)=NC1C. The van der Waals surface area contributed by atoms with Gasteiger partial charge in [0.25, 0.3) is 0 Å². The largest absolute Gasteiger partial charge is 0.465 e. The number of thioether (sulfide) groups is 1. The third-order valence-corrected chi connectivity index (χ3v) is 2.80. The fraction of sp³-hybridized carbons (Fsp3) is 0.700. The van der Waals surface area contributed by atoms with Gasteiger partial charge < -0.3 is 4.74 Å². The van der Waals surface area contributed by atoms with Crippen molar-refractivity contribution in [3.8, 4) is 0 Å². The lowest BCUT2D eigenvalue weighted by Crippen LogP contribution is -2.36. The van der Waals surface area contributed by atoms with Crippen LogP contribution in [0.5, 0.6) is 0 Å². The van der Waals surface area contributed by atoms with Gasteiger partial charge in [-0.1, -0.05) is 11.8 Å². The monoisotopic (exact) mass is 228 g/mol. The van der Waals surface area contributed by atoms with Crippen LogP contribution in [0, 0.1) is 5.92 Å². The third kappa shape index (κ3) is 2.81. The molecule has 0 aliphatic carbocycles. The van der Waals surface area contributed by atoms with Crippen molar-refractivity contribution in [2.24, 2.45) is 15.9 Å². The van der Waals surface area contributed by atoms with Crippen LogP contribution < -0.4 is 0 Å². The van der Waals surface area contributed by atoms with Gasteiger partial charge in [0, 0.05) is 5.71 Å². The topological polar surface area (TPSA) is 51.0 Å². The van der Waals surface area contributed by atoms with Gasteiger partial charge >= 0.3 is 5.97 Å². The summed E-state index contributed by atoms with van der Waals surface area (Å²) >= 11 is 1.49. The number of carbonyl (C=O) groups excluding carboxylic acids is 1. The van der Waals surface area contributed by atoms with Crippen LogP contribution in [0.25, 0.3) is 0 Å². The minimum atomic E-state index is -0.319. The highest BCUT2D eigenvalue weighted by molar-refractivity contribution is 8.13. The third-order valence-electron chi connectivity index (χ3n) is 2.24. The van der Waals surface area contributed by atoms with E-state index in [4.69, 9.17) is 4.74 Å². The predicted octanol–water partition coefficient (Wildman–Crippen LogP) is 1.75. The summed E-state index contributed by atoms with van der Waals surface area (Å²) in [7, 11) is 0. The van der Waals surface area contributed by atoms with E-state index in [-0.39, 0.29) is 17.9 Å². The molecule has 84 valence electrons. The van der Waals surface area contributed by atoms with E-state index in [1.165, 1.54) is 11.8 Å². The molecule has 0 saturated heterocycles. The van der Waals surface area contributed by atoms with Crippen molar-refractivity contribution >= 4 is 28.6 Å². The molecule has 2 unspecified atom stereocenters. The van der Waals surface area contributed by atoms with Gasteiger partial charge in [-0.15, -0.1) is 0 Å². The molecule has 0 spiro atoms. The number of nitrogens with zero attached hydrogens (tertiary/aromatic N) is 2. The number of esters is 1. The molecule has 0 bridgehead atoms. The lowest BCUT2D eigenvalue weighted by atomic mass is 9.96. The lowest BCUT2D eigenvalue weighted by molar-refractivity contribution is -0.146. The maximum Gasteiger partial charge on any atom is 0.316 e. The zero-order chi connectivity index (χ0) is 11.4. The normalized spacial score (nSPS) is 25.6. The van der Waals surface area contributed by atoms with E-state index in [1.54, 1.807) is 6.92 Å². The molecule has 0 radical (unpaired) electrons. The molecule has 0 saturated carbocycles. The molecule has 15 heavy (non-hydrogen) atoms. The van der Waals surface area contributed by atoms with Crippen molar-refractivity contribution in [1.82, 2.24) is 0 Å². The molecular formula is C10H16N2O2S. The molecule has 4 nitrogen and oxygen atoms in total. The van der Waals surface area contributed by atoms with Crippen LogP contribution in [-0.2, 0) is 9.53 Å². The van der Waals surface area contributed by atoms with Gasteiger partial charge in [0.1, 0.15) is 5.92 Å². The molecule has 1 rings (SSSR count). The van der Waals surface area contributed by atoms with Crippen LogP contribution >= 0.6 is 11.8 Å². The summed E-state index contributed by atoms with van der Waals surface area (Å²) in [5.74, 6) is -0.545. The zero-order valence-electron chi connectivity index (χ0n) is 9.48. The summed E-state index contributed by atoms with van der Waals surface area (Å²) in [5, 5.41) is 0.737. The maximum atomic E-state index is 11.6. The Kier molecular flexibility index (Phi) is 4.32. The first-order chi connectivity index (χ1) is 7.10. The van der Waals surface area contributed by atoms with Crippen molar-refractivity contribution < 1.29 is 9.53 Å². The van der Waals surface area contributed by atoms with E-state index in [2.05, 4.69) is 9.98 Å². The number of hydrogen-bond donors (Lipinski definition) is 0. The fourth-order valence-electron chi connectivity index (χ4n) is 1.54. The Morgan fingerprint density at radius 2 is 2.27 bits per heavy atom. The van der Waals surface area contributed by atoms with Gasteiger partial charge in [0.15, 0.2) is 5.17 Å². The van der Waals surface area contributed by atoms with Gasteiger partial charge in [-0.3, -0.25) is 9.79 Å². The molecule has 0 amide bonds. The smallest absolute Gasteiger partial charge is 0.316 e. The first-order valence-electron chi connectivity index (χ1n) is 4.93. The Morgan fingerprint density at radius 3 is 2.73 bits per heavy atom. The highest BCUT2D eigenvalue weighted by atomic mass is 32.2. The molecule has 1 heterocycles. The number of hydrogen-bond acceptors (Lipinski definition) is 5. The summed E-state index contributed by atoms with van der Waals surface area (Å²) in [4.78, 5) is 20.2. The Morgan fingerprint density at radius 1 is 1.60 bits per heavy atom. The predicted molar refractivity (Wildman–Crippen MR) is 63.6 cm³/mol. The van der Waals surface area contributed by atoms with Gasteiger partial charge in [0.05, 0.1) is 12.6 Å². The quantitative estimate of drug-likeness (QED) is 0.676. The van der Waals surface area contributed by atoms with E-state index < -0.39 is 0 Å². The molecule has 2 atom stereocenters. The molecule has 0 fully saturated rings. The average Bonchev–Trinajstić information content (AvgIpc) is 2.16. The zero-order valence-corrected chi connectivity index (χ0v) is 10.3. The fourth-order valence-corrected chi connectivity index (χ4v) is 2.05. The van der Waals surface area contributed by atoms with E-state index in [9.17, 15) is 4.79 Å². The van der Waals surface area contributed by atoms with Crippen molar-refractivity contribution in [3.63, 3.8) is 0 Å². The van der Waals surface area contributed by atoms with Crippen LogP contribution in [0.2, 0.25) is 0 Å². The minimum absolute atomic E-state index is 0.0796. The Balaban J connectivity index is 2.82. The van der Waals surface area contributed by atoms with Crippen LogP contribution in [0.4, 0.5) is 0 Å². The van der Waals surface area contributed by atoms with Crippen molar-refractivity contribution in [2.75, 3.05) is 12.9 Å². The molecule has 1 aliphatic heterocycles. The Hall–Kier alpha value is -0.840. The lowest BCUT2D eigenvalue weighted by Gasteiger charge is -2.23. The number of carbonyl (C=O) groups is 1. The van der Waals surface area contributed by atoms with Crippen LogP contribution in [0.1, 0.15) is 20.8 Å². The van der Waals surface area contributed by atoms with Crippen molar-refractivity contribution in [1.29, 1.82) is 0 Å². The van der Waals surface area contributed by atoms with Crippen LogP contribution in [0.3, 0.4) is 0 Å². The van der Waals surface area contributed by atoms with Gasteiger partial charge in [0.2, 0.25) is 0 Å². The molecule has 0 aromatic carbocycles. The second-order valence-corrected chi connectivity index (χ2v) is 4.11. The average molecular weight is 228 g/mol. The second kappa shape index (κ2) is 5.30. The first-order valence-corrected chi connectivity index (χ1v) is 6.16. The summed E-state index contributed by atoms with van der Waals surface area (Å²) in [6.07, 6.45) is 1.92. The molecule has 0 aromatic heterocycles. The van der Waals surface area contributed by atoms with E-state index >= 15 is 0 Å². The van der Waals surface area contributed by atoms with Crippen molar-refractivity contribution in [2.45, 2.75) is 26.8 Å². The van der Waals surface area contributed by atoms with E-state index in [1.807, 2.05) is 20.1 Å². The van der Waals surface area contributed by atoms with E-state index in [0.29, 0.717) is 6.61 Å². The molecule has 5 heteroatoms. The number of ether oxygens (including phenoxy) is 1. The Bertz CT molecular complexity index is 313. The summed E-state index contributed by atoms with van der Waals surface area (Å²) in [6.45, 7) is 5.96. The van der Waals surface area contributed by atoms with E-state index in [0.717, 1.165) is 10.9 Å². The Labute approximate surface area is 94.2 Å². The highest BCUT2D eigenvalue weighted by Crippen LogP contribution is 2.20. The highest BCUT2D eigenvalue weighted by Gasteiger charge is 2.32. The van der Waals surface area contributed by atoms with Crippen molar-refractivity contribution in [3.05, 3.63) is 0 Å². The minimum Gasteiger partial charge on any atom is -0.465 e. The molecular weight excluding hydrogens is 212 g/mol. The summed E-state index contributed by atoms with van der Waals surface area (Å²) < 4.78 is 5.00. The number of aliphatic imine (C=N–C) groups is 2.